The number of rotatable bonds is 8. The second-order valence-electron chi connectivity index (χ2n) is 33.7. The average Bonchev–Trinajstić information content (AvgIpc) is 0.768. The molecule has 0 bridgehead atoms. The van der Waals surface area contributed by atoms with E-state index in [0.29, 0.717) is 17.4 Å². The molecule has 15 aromatic rings. The summed E-state index contributed by atoms with van der Waals surface area (Å²) in [7, 11) is 10.8. The molecular weight excluding hydrogens is 1360 g/mol. The lowest BCUT2D eigenvalue weighted by Crippen LogP contribution is -2.33. The van der Waals surface area contributed by atoms with Gasteiger partial charge in [0.1, 0.15) is 41.1 Å². The Morgan fingerprint density at radius 2 is 0.643 bits per heavy atom. The van der Waals surface area contributed by atoms with Crippen molar-refractivity contribution in [2.24, 2.45) is 41.2 Å². The molecular formula is C106H121FN5+5. The van der Waals surface area contributed by atoms with Crippen LogP contribution in [0.1, 0.15) is 155 Å². The Balaban J connectivity index is 0.000000139. The number of hydrogen-bond acceptors (Lipinski definition) is 0. The van der Waals surface area contributed by atoms with Gasteiger partial charge in [0, 0.05) is 115 Å². The van der Waals surface area contributed by atoms with E-state index in [1.807, 2.05) is 39.0 Å². The van der Waals surface area contributed by atoms with E-state index in [1.54, 1.807) is 0 Å². The van der Waals surface area contributed by atoms with Gasteiger partial charge in [-0.3, -0.25) is 0 Å². The summed E-state index contributed by atoms with van der Waals surface area (Å²) in [5.74, 6) is 1.06. The summed E-state index contributed by atoms with van der Waals surface area (Å²) in [5.41, 5.74) is 42.2. The number of nitrogens with zero attached hydrogens (tertiary/aromatic N) is 5. The average molecular weight is 1480 g/mol. The van der Waals surface area contributed by atoms with Crippen molar-refractivity contribution in [1.82, 2.24) is 0 Å². The highest BCUT2D eigenvalue weighted by molar-refractivity contribution is 5.86. The van der Waals surface area contributed by atoms with Crippen molar-refractivity contribution in [2.45, 2.75) is 170 Å². The smallest absolute Gasteiger partial charge is 0.206 e. The Morgan fingerprint density at radius 1 is 0.295 bits per heavy atom. The lowest BCUT2D eigenvalue weighted by molar-refractivity contribution is -0.633. The summed E-state index contributed by atoms with van der Waals surface area (Å²) in [6.45, 7) is 48.1. The molecule has 112 heavy (non-hydrogen) atoms. The molecule has 0 saturated heterocycles. The third-order valence-electron chi connectivity index (χ3n) is 23.7. The van der Waals surface area contributed by atoms with Crippen molar-refractivity contribution in [3.05, 3.63) is 324 Å². The maximum absolute atomic E-state index is 14.0. The standard InChI is InChI=1S/C23H28N.2C22H26N.C20H22N.C19H19FN/c1-15(2)11-19-14-23(21-13-16(3)12-17(4)18(21)5)24(6)22-10-8-7-9-20(19)22;1-14(2)19-13-22(20-12-15(3)11-16(4)17(20)5)23(6)21-10-8-7-9-18(19)21;1-15-13-18(22(3,4)5)14-19(16(15)2)21-12-11-17-9-7-8-10-20(17)23(21)6;1-13-10-14(2)16(4)18(11-13)20-12-15(3)17-8-6-7-9-19(17)21(20)5;1-12-11-16(13(2)14(3)19(12)20)18-10-9-15-7-5-6-8-17(15)21(18)4/h7-10,12-15H,11H2,1-6H3;2*7-14H,1-6H3;6-12H,1-5H3;5-11H,1-4H3/q5*+1. The molecule has 0 saturated carbocycles. The fourth-order valence-corrected chi connectivity index (χ4v) is 16.5. The molecule has 0 aliphatic carbocycles. The van der Waals surface area contributed by atoms with Crippen molar-refractivity contribution in [3.8, 4) is 56.3 Å². The Hall–Kier alpha value is -10.8. The summed E-state index contributed by atoms with van der Waals surface area (Å²) in [5, 5.41) is 6.54. The van der Waals surface area contributed by atoms with E-state index >= 15 is 0 Å². The van der Waals surface area contributed by atoms with Crippen LogP contribution in [0.2, 0.25) is 0 Å². The molecule has 0 atom stereocenters. The largest absolute Gasteiger partial charge is 0.213 e. The van der Waals surface area contributed by atoms with Gasteiger partial charge >= 0.3 is 0 Å². The molecule has 0 radical (unpaired) electrons. The van der Waals surface area contributed by atoms with E-state index < -0.39 is 0 Å². The fourth-order valence-electron chi connectivity index (χ4n) is 16.5. The molecule has 5 nitrogen and oxygen atoms in total. The van der Waals surface area contributed by atoms with Crippen LogP contribution < -0.4 is 22.8 Å². The van der Waals surface area contributed by atoms with Gasteiger partial charge in [0.05, 0.1) is 0 Å². The van der Waals surface area contributed by atoms with Crippen molar-refractivity contribution in [3.63, 3.8) is 0 Å². The number of hydrogen-bond donors (Lipinski definition) is 0. The van der Waals surface area contributed by atoms with Crippen LogP contribution in [0, 0.1) is 116 Å². The third-order valence-corrected chi connectivity index (χ3v) is 23.7. The quantitative estimate of drug-likeness (QED) is 0.135. The summed E-state index contributed by atoms with van der Waals surface area (Å²) in [6, 6.07) is 79.2. The maximum Gasteiger partial charge on any atom is 0.213 e. The van der Waals surface area contributed by atoms with Gasteiger partial charge in [-0.15, -0.1) is 0 Å². The zero-order valence-corrected chi connectivity index (χ0v) is 72.3. The highest BCUT2D eigenvalue weighted by Gasteiger charge is 2.27. The molecule has 5 aromatic heterocycles. The van der Waals surface area contributed by atoms with Crippen LogP contribution in [-0.2, 0) is 47.1 Å². The normalized spacial score (nSPS) is 11.4. The van der Waals surface area contributed by atoms with Gasteiger partial charge in [-0.05, 0) is 284 Å². The van der Waals surface area contributed by atoms with Crippen LogP contribution in [0.25, 0.3) is 111 Å². The van der Waals surface area contributed by atoms with E-state index in [4.69, 9.17) is 0 Å². The van der Waals surface area contributed by atoms with E-state index in [-0.39, 0.29) is 11.2 Å². The second-order valence-corrected chi connectivity index (χ2v) is 33.7. The lowest BCUT2D eigenvalue weighted by atomic mass is 9.83. The number of halogens is 1. The molecule has 0 N–H and O–H groups in total. The number of aryl methyl sites for hydroxylation is 14. The molecule has 10 aromatic carbocycles. The van der Waals surface area contributed by atoms with E-state index in [0.717, 1.165) is 28.8 Å². The predicted molar refractivity (Wildman–Crippen MR) is 475 cm³/mol. The summed E-state index contributed by atoms with van der Waals surface area (Å²) >= 11 is 0. The molecule has 5 heterocycles. The molecule has 0 fully saturated rings. The number of aromatic nitrogens is 5. The number of benzene rings is 10. The molecule has 0 aliphatic rings. The first-order valence-electron chi connectivity index (χ1n) is 40.2. The number of fused-ring (bicyclic) bond motifs is 5. The van der Waals surface area contributed by atoms with Crippen LogP contribution in [0.15, 0.2) is 218 Å². The van der Waals surface area contributed by atoms with Crippen molar-refractivity contribution in [1.29, 1.82) is 0 Å². The van der Waals surface area contributed by atoms with E-state index in [2.05, 4.69) is 390 Å². The van der Waals surface area contributed by atoms with Gasteiger partial charge in [0.25, 0.3) is 0 Å². The van der Waals surface area contributed by atoms with Crippen molar-refractivity contribution >= 4 is 54.5 Å². The maximum atomic E-state index is 14.0. The Morgan fingerprint density at radius 3 is 1.08 bits per heavy atom. The molecule has 15 rings (SSSR count). The van der Waals surface area contributed by atoms with Gasteiger partial charge < -0.3 is 0 Å². The van der Waals surface area contributed by atoms with Crippen LogP contribution in [0.5, 0.6) is 0 Å². The third kappa shape index (κ3) is 17.1. The van der Waals surface area contributed by atoms with Gasteiger partial charge in [-0.2, -0.15) is 22.8 Å². The zero-order valence-electron chi connectivity index (χ0n) is 72.3. The molecule has 0 spiro atoms. The van der Waals surface area contributed by atoms with E-state index in [1.165, 1.54) is 183 Å². The molecule has 0 unspecified atom stereocenters. The van der Waals surface area contributed by atoms with Gasteiger partial charge in [-0.25, -0.2) is 4.39 Å². The zero-order chi connectivity index (χ0) is 81.2. The minimum Gasteiger partial charge on any atom is -0.206 e. The first kappa shape index (κ1) is 82.1. The van der Waals surface area contributed by atoms with Crippen LogP contribution >= 0.6 is 0 Å². The summed E-state index contributed by atoms with van der Waals surface area (Å²) < 4.78 is 25.5. The van der Waals surface area contributed by atoms with Gasteiger partial charge in [0.15, 0.2) is 0 Å². The lowest BCUT2D eigenvalue weighted by Gasteiger charge is -2.22. The first-order valence-corrected chi connectivity index (χ1v) is 40.2. The van der Waals surface area contributed by atoms with Crippen LogP contribution in [0.3, 0.4) is 0 Å². The highest BCUT2D eigenvalue weighted by atomic mass is 19.1. The van der Waals surface area contributed by atoms with Crippen molar-refractivity contribution < 1.29 is 27.2 Å². The second kappa shape index (κ2) is 34.0. The number of para-hydroxylation sites is 5. The fraction of sp³-hybridized carbons (Fsp3) is 0.292. The van der Waals surface area contributed by atoms with Gasteiger partial charge in [0.2, 0.25) is 56.1 Å². The molecule has 572 valence electrons. The molecule has 0 amide bonds. The summed E-state index contributed by atoms with van der Waals surface area (Å²) in [6.07, 6.45) is 1.11. The molecule has 0 aliphatic heterocycles. The Bertz CT molecular complexity index is 6100. The molecule has 6 heteroatoms. The SMILES string of the molecule is Cc1cc(-c2ccc3ccccc3[n+]2C)c(C)c(C)c1F.Cc1cc(C(C)(C)C)cc(-c2ccc3ccccc3[n+]2C)c1C.Cc1cc(C)c(C)c(-c2cc(C(C)C)c3ccccc3[n+]2C)c1.Cc1cc(C)c(C)c(-c2cc(C)c3ccccc3[n+]2C)c1.Cc1cc(C)c(C)c(-c2cc(CC(C)C)c3ccccc3[n+]2C)c1. The van der Waals surface area contributed by atoms with Crippen LogP contribution in [0.4, 0.5) is 4.39 Å². The Kier molecular flexibility index (Phi) is 25.0. The van der Waals surface area contributed by atoms with Crippen LogP contribution in [-0.4, -0.2) is 0 Å². The summed E-state index contributed by atoms with van der Waals surface area (Å²) in [4.78, 5) is 0. The number of pyridine rings is 5. The van der Waals surface area contributed by atoms with E-state index in [9.17, 15) is 4.39 Å². The van der Waals surface area contributed by atoms with Crippen molar-refractivity contribution in [2.75, 3.05) is 0 Å². The van der Waals surface area contributed by atoms with Gasteiger partial charge in [-0.1, -0.05) is 150 Å². The minimum absolute atomic E-state index is 0.0975. The topological polar surface area (TPSA) is 19.4 Å². The predicted octanol–water partition coefficient (Wildman–Crippen LogP) is 25.0. The Labute approximate surface area is 669 Å². The monoisotopic (exact) mass is 1480 g/mol. The highest BCUT2D eigenvalue weighted by Crippen LogP contribution is 2.37. The first-order chi connectivity index (χ1) is 53.1. The minimum atomic E-state index is -0.0975.